The molecule has 2 rings (SSSR count). The monoisotopic (exact) mass is 334 g/mol. The van der Waals surface area contributed by atoms with Crippen molar-refractivity contribution in [1.29, 1.82) is 0 Å². The third kappa shape index (κ3) is 4.55. The molecular weight excluding hydrogens is 310 g/mol. The number of benzene rings is 1. The molecule has 1 aliphatic heterocycles. The Morgan fingerprint density at radius 2 is 1.92 bits per heavy atom. The van der Waals surface area contributed by atoms with Crippen LogP contribution in [0.3, 0.4) is 0 Å². The van der Waals surface area contributed by atoms with Gasteiger partial charge in [0.05, 0.1) is 7.11 Å². The number of amides is 3. The first-order valence-corrected chi connectivity index (χ1v) is 8.00. The summed E-state index contributed by atoms with van der Waals surface area (Å²) in [6, 6.07) is 6.80. The van der Waals surface area contributed by atoms with Crippen molar-refractivity contribution in [3.63, 3.8) is 0 Å². The van der Waals surface area contributed by atoms with E-state index in [2.05, 4.69) is 10.6 Å². The maximum atomic E-state index is 12.1. The second-order valence-corrected chi connectivity index (χ2v) is 6.24. The summed E-state index contributed by atoms with van der Waals surface area (Å²) in [6.07, 6.45) is 0.518. The quantitative estimate of drug-likeness (QED) is 0.642. The highest BCUT2D eigenvalue weighted by molar-refractivity contribution is 5.94. The molecule has 1 aromatic rings. The summed E-state index contributed by atoms with van der Waals surface area (Å²) in [5.41, 5.74) is 2.20. The molecule has 0 fully saturated rings. The first-order chi connectivity index (χ1) is 11.4. The van der Waals surface area contributed by atoms with Gasteiger partial charge >= 0.3 is 12.0 Å². The molecule has 1 unspecified atom stereocenters. The summed E-state index contributed by atoms with van der Waals surface area (Å²) in [5, 5.41) is 4.90. The third-order valence-corrected chi connectivity index (χ3v) is 4.00. The van der Waals surface area contributed by atoms with Crippen LogP contribution < -0.4 is 15.5 Å². The molecule has 0 bridgehead atoms. The smallest absolute Gasteiger partial charge is 0.365 e. The number of urea groups is 1. The van der Waals surface area contributed by atoms with Crippen molar-refractivity contribution >= 4 is 17.9 Å². The van der Waals surface area contributed by atoms with Crippen LogP contribution in [0.2, 0.25) is 0 Å². The van der Waals surface area contributed by atoms with Crippen molar-refractivity contribution in [2.45, 2.75) is 38.9 Å². The van der Waals surface area contributed by atoms with Gasteiger partial charge in [-0.05, 0) is 19.4 Å². The van der Waals surface area contributed by atoms with Crippen LogP contribution in [-0.4, -0.2) is 43.6 Å². The second kappa shape index (κ2) is 7.92. The van der Waals surface area contributed by atoms with Crippen LogP contribution in [-0.2, 0) is 27.3 Å². The highest BCUT2D eigenvalue weighted by atomic mass is 16.5. The Balaban J connectivity index is 2.07. The molecule has 3 amide bonds. The Morgan fingerprint density at radius 1 is 1.25 bits per heavy atom. The summed E-state index contributed by atoms with van der Waals surface area (Å²) in [4.78, 5) is 36.6. The number of carbonyl (C=O) groups excluding carboxylic acids is 3. The van der Waals surface area contributed by atoms with Crippen molar-refractivity contribution in [3.8, 4) is 0 Å². The number of quaternary nitrogens is 1. The summed E-state index contributed by atoms with van der Waals surface area (Å²) in [7, 11) is 1.34. The van der Waals surface area contributed by atoms with Crippen LogP contribution in [0.4, 0.5) is 4.79 Å². The molecule has 1 aliphatic rings. The van der Waals surface area contributed by atoms with Gasteiger partial charge in [0.2, 0.25) is 0 Å². The molecule has 0 spiro atoms. The van der Waals surface area contributed by atoms with Gasteiger partial charge in [-0.3, -0.25) is 10.1 Å². The first kappa shape index (κ1) is 17.9. The van der Waals surface area contributed by atoms with Gasteiger partial charge in [-0.25, -0.2) is 9.59 Å². The van der Waals surface area contributed by atoms with Gasteiger partial charge in [0.25, 0.3) is 5.91 Å². The zero-order chi connectivity index (χ0) is 17.7. The van der Waals surface area contributed by atoms with Crippen LogP contribution >= 0.6 is 0 Å². The van der Waals surface area contributed by atoms with E-state index in [0.29, 0.717) is 13.0 Å². The van der Waals surface area contributed by atoms with Crippen LogP contribution in [0.5, 0.6) is 0 Å². The summed E-state index contributed by atoms with van der Waals surface area (Å²) < 4.78 is 4.88. The van der Waals surface area contributed by atoms with Crippen LogP contribution in [0.25, 0.3) is 0 Å². The minimum Gasteiger partial charge on any atom is -0.465 e. The number of nitrogens with one attached hydrogen (secondary N) is 3. The molecule has 0 radical (unpaired) electrons. The lowest BCUT2D eigenvalue weighted by Gasteiger charge is -2.31. The van der Waals surface area contributed by atoms with E-state index in [1.165, 1.54) is 7.11 Å². The fourth-order valence-electron chi connectivity index (χ4n) is 2.91. The van der Waals surface area contributed by atoms with Crippen molar-refractivity contribution in [1.82, 2.24) is 10.6 Å². The standard InChI is InChI=1S/C17H23N3O4/c1-11(2)18-17(23)19-15(21)10-20-9-13-7-5-4-6-12(13)8-14(20)16(22)24-3/h4-7,11,14H,8-10H2,1-3H3,(H2,18,19,21,23)/p+1/t14-/m1/s1. The lowest BCUT2D eigenvalue weighted by atomic mass is 9.94. The fourth-order valence-corrected chi connectivity index (χ4v) is 2.91. The largest absolute Gasteiger partial charge is 0.465 e. The second-order valence-electron chi connectivity index (χ2n) is 6.24. The number of methoxy groups -OCH3 is 1. The number of fused-ring (bicyclic) bond motifs is 1. The van der Waals surface area contributed by atoms with Gasteiger partial charge in [0, 0.05) is 18.0 Å². The van der Waals surface area contributed by atoms with E-state index >= 15 is 0 Å². The molecule has 0 aliphatic carbocycles. The van der Waals surface area contributed by atoms with E-state index in [4.69, 9.17) is 4.74 Å². The molecule has 7 heteroatoms. The van der Waals surface area contributed by atoms with Gasteiger partial charge < -0.3 is 15.0 Å². The highest BCUT2D eigenvalue weighted by Gasteiger charge is 2.37. The summed E-state index contributed by atoms with van der Waals surface area (Å²) in [6.45, 7) is 4.18. The van der Waals surface area contributed by atoms with Crippen molar-refractivity contribution in [2.75, 3.05) is 13.7 Å². The van der Waals surface area contributed by atoms with E-state index < -0.39 is 18.0 Å². The average molecular weight is 334 g/mol. The number of esters is 1. The van der Waals surface area contributed by atoms with Gasteiger partial charge in [-0.2, -0.15) is 0 Å². The predicted molar refractivity (Wildman–Crippen MR) is 87.3 cm³/mol. The Hall–Kier alpha value is -2.41. The third-order valence-electron chi connectivity index (χ3n) is 4.00. The van der Waals surface area contributed by atoms with Crippen molar-refractivity contribution in [2.24, 2.45) is 0 Å². The Labute approximate surface area is 141 Å². The van der Waals surface area contributed by atoms with Gasteiger partial charge in [0.15, 0.2) is 12.6 Å². The SMILES string of the molecule is COC(=O)[C@H]1Cc2ccccc2C[NH+]1CC(=O)NC(=O)NC(C)C. The Morgan fingerprint density at radius 3 is 2.54 bits per heavy atom. The molecule has 0 aromatic heterocycles. The molecule has 2 atom stereocenters. The number of ether oxygens (including phenoxy) is 1. The molecule has 0 saturated carbocycles. The zero-order valence-electron chi connectivity index (χ0n) is 14.2. The summed E-state index contributed by atoms with van der Waals surface area (Å²) >= 11 is 0. The maximum absolute atomic E-state index is 12.1. The van der Waals surface area contributed by atoms with Gasteiger partial charge in [-0.15, -0.1) is 0 Å². The van der Waals surface area contributed by atoms with Crippen LogP contribution in [0, 0.1) is 0 Å². The minimum absolute atomic E-state index is 0.0274. The summed E-state index contributed by atoms with van der Waals surface area (Å²) in [5.74, 6) is -0.768. The number of imide groups is 1. The molecule has 1 aromatic carbocycles. The number of hydrogen-bond donors (Lipinski definition) is 3. The molecule has 7 nitrogen and oxygen atoms in total. The van der Waals surface area contributed by atoms with E-state index in [-0.39, 0.29) is 18.6 Å². The normalized spacial score (nSPS) is 19.3. The topological polar surface area (TPSA) is 88.9 Å². The van der Waals surface area contributed by atoms with Gasteiger partial charge in [0.1, 0.15) is 6.54 Å². The highest BCUT2D eigenvalue weighted by Crippen LogP contribution is 2.14. The predicted octanol–water partition coefficient (Wildman–Crippen LogP) is -0.597. The van der Waals surface area contributed by atoms with Crippen molar-refractivity contribution in [3.05, 3.63) is 35.4 Å². The molecule has 0 saturated heterocycles. The Kier molecular flexibility index (Phi) is 5.92. The molecule has 130 valence electrons. The van der Waals surface area contributed by atoms with Crippen LogP contribution in [0.15, 0.2) is 24.3 Å². The number of rotatable bonds is 4. The average Bonchev–Trinajstić information content (AvgIpc) is 2.52. The van der Waals surface area contributed by atoms with Gasteiger partial charge in [-0.1, -0.05) is 24.3 Å². The molecule has 3 N–H and O–H groups in total. The molecular formula is C17H24N3O4+. The zero-order valence-corrected chi connectivity index (χ0v) is 14.2. The van der Waals surface area contributed by atoms with Crippen LogP contribution in [0.1, 0.15) is 25.0 Å². The van der Waals surface area contributed by atoms with E-state index in [0.717, 1.165) is 16.0 Å². The van der Waals surface area contributed by atoms with E-state index in [1.54, 1.807) is 0 Å². The van der Waals surface area contributed by atoms with E-state index in [9.17, 15) is 14.4 Å². The maximum Gasteiger partial charge on any atom is 0.365 e. The lowest BCUT2D eigenvalue weighted by molar-refractivity contribution is -0.924. The van der Waals surface area contributed by atoms with E-state index in [1.807, 2.05) is 38.1 Å². The number of hydrogen-bond acceptors (Lipinski definition) is 4. The molecule has 24 heavy (non-hydrogen) atoms. The first-order valence-electron chi connectivity index (χ1n) is 8.00. The fraction of sp³-hybridized carbons (Fsp3) is 0.471. The Bertz CT molecular complexity index is 630. The minimum atomic E-state index is -0.526. The van der Waals surface area contributed by atoms with Crippen molar-refractivity contribution < 1.29 is 24.0 Å². The lowest BCUT2D eigenvalue weighted by Crippen LogP contribution is -3.17. The molecule has 1 heterocycles. The number of carbonyl (C=O) groups is 3.